The lowest BCUT2D eigenvalue weighted by Crippen LogP contribution is -2.62. The summed E-state index contributed by atoms with van der Waals surface area (Å²) >= 11 is 0. The van der Waals surface area contributed by atoms with Crippen LogP contribution in [-0.4, -0.2) is 33.6 Å². The summed E-state index contributed by atoms with van der Waals surface area (Å²) < 4.78 is 0. The molecule has 27 heavy (non-hydrogen) atoms. The summed E-state index contributed by atoms with van der Waals surface area (Å²) in [6.45, 7) is 9.42. The van der Waals surface area contributed by atoms with Crippen molar-refractivity contribution in [1.82, 2.24) is 0 Å². The second kappa shape index (κ2) is 6.99. The normalized spacial score (nSPS) is 56.1. The molecule has 3 heteroatoms. The molecule has 4 rings (SSSR count). The highest BCUT2D eigenvalue weighted by Crippen LogP contribution is 2.68. The lowest BCUT2D eigenvalue weighted by Gasteiger charge is -2.63. The fourth-order valence-corrected chi connectivity index (χ4v) is 8.79. The van der Waals surface area contributed by atoms with E-state index >= 15 is 0 Å². The molecule has 0 bridgehead atoms. The minimum Gasteiger partial charge on any atom is -0.393 e. The van der Waals surface area contributed by atoms with Crippen LogP contribution in [-0.2, 0) is 0 Å². The summed E-state index contributed by atoms with van der Waals surface area (Å²) in [5, 5.41) is 32.9. The predicted molar refractivity (Wildman–Crippen MR) is 108 cm³/mol. The van der Waals surface area contributed by atoms with Gasteiger partial charge in [0.05, 0.1) is 18.3 Å². The van der Waals surface area contributed by atoms with Crippen molar-refractivity contribution < 1.29 is 15.3 Å². The standard InChI is InChI=1S/C24H42O3/c1-5-6-14(2)17-7-8-18-22-19(13-21(27)24(17,18)4)23(3)10-9-16(25)11-15(23)12-20(22)26/h14-22,25-27H,5-13H2,1-4H3/t14-,15+,16-,17-,18+,19+,20-,21-,22+,23+,24-/m1/s1. The lowest BCUT2D eigenvalue weighted by molar-refractivity contribution is -0.207. The fraction of sp³-hybridized carbons (Fsp3) is 1.00. The molecule has 0 heterocycles. The van der Waals surface area contributed by atoms with Gasteiger partial charge in [-0.1, -0.05) is 40.5 Å². The van der Waals surface area contributed by atoms with E-state index in [0.717, 1.165) is 32.1 Å². The first-order valence-electron chi connectivity index (χ1n) is 11.8. The van der Waals surface area contributed by atoms with Gasteiger partial charge in [-0.15, -0.1) is 0 Å². The Morgan fingerprint density at radius 1 is 0.963 bits per heavy atom. The topological polar surface area (TPSA) is 60.7 Å². The van der Waals surface area contributed by atoms with Crippen molar-refractivity contribution in [3.8, 4) is 0 Å². The van der Waals surface area contributed by atoms with E-state index in [-0.39, 0.29) is 29.1 Å². The molecule has 4 fully saturated rings. The first-order chi connectivity index (χ1) is 12.7. The fourth-order valence-electron chi connectivity index (χ4n) is 8.79. The van der Waals surface area contributed by atoms with Crippen molar-refractivity contribution in [2.75, 3.05) is 0 Å². The molecule has 4 saturated carbocycles. The minimum absolute atomic E-state index is 0.0336. The van der Waals surface area contributed by atoms with Crippen LogP contribution in [0.2, 0.25) is 0 Å². The zero-order chi connectivity index (χ0) is 19.6. The van der Waals surface area contributed by atoms with E-state index in [0.29, 0.717) is 35.5 Å². The van der Waals surface area contributed by atoms with E-state index in [1.165, 1.54) is 25.7 Å². The Bertz CT molecular complexity index is 550. The molecule has 3 nitrogen and oxygen atoms in total. The molecular formula is C24H42O3. The van der Waals surface area contributed by atoms with Crippen molar-refractivity contribution >= 4 is 0 Å². The van der Waals surface area contributed by atoms with Crippen LogP contribution in [0.3, 0.4) is 0 Å². The Morgan fingerprint density at radius 3 is 2.41 bits per heavy atom. The first-order valence-corrected chi connectivity index (χ1v) is 11.8. The molecule has 0 spiro atoms. The summed E-state index contributed by atoms with van der Waals surface area (Å²) in [4.78, 5) is 0. The van der Waals surface area contributed by atoms with Gasteiger partial charge in [-0.3, -0.25) is 0 Å². The zero-order valence-electron chi connectivity index (χ0n) is 17.9. The van der Waals surface area contributed by atoms with Gasteiger partial charge in [-0.25, -0.2) is 0 Å². The molecule has 0 saturated heterocycles. The molecule has 11 atom stereocenters. The highest BCUT2D eigenvalue weighted by molar-refractivity contribution is 5.14. The maximum Gasteiger partial charge on any atom is 0.0602 e. The molecule has 0 aliphatic heterocycles. The molecule has 0 amide bonds. The van der Waals surface area contributed by atoms with E-state index in [1.54, 1.807) is 0 Å². The summed E-state index contributed by atoms with van der Waals surface area (Å²) in [6.07, 6.45) is 8.64. The molecule has 0 aromatic rings. The van der Waals surface area contributed by atoms with Crippen LogP contribution in [0, 0.1) is 46.3 Å². The first kappa shape index (κ1) is 20.2. The third-order valence-corrected chi connectivity index (χ3v) is 10.3. The Labute approximate surface area is 165 Å². The molecular weight excluding hydrogens is 336 g/mol. The van der Waals surface area contributed by atoms with E-state index in [9.17, 15) is 15.3 Å². The van der Waals surface area contributed by atoms with Gasteiger partial charge in [0.15, 0.2) is 0 Å². The van der Waals surface area contributed by atoms with Crippen molar-refractivity contribution in [1.29, 1.82) is 0 Å². The van der Waals surface area contributed by atoms with Gasteiger partial charge >= 0.3 is 0 Å². The van der Waals surface area contributed by atoms with Crippen LogP contribution < -0.4 is 0 Å². The van der Waals surface area contributed by atoms with Gasteiger partial charge in [0.2, 0.25) is 0 Å². The maximum atomic E-state index is 11.5. The Kier molecular flexibility index (Phi) is 5.22. The molecule has 4 aliphatic carbocycles. The minimum atomic E-state index is -0.254. The lowest BCUT2D eigenvalue weighted by atomic mass is 9.43. The van der Waals surface area contributed by atoms with Gasteiger partial charge in [-0.2, -0.15) is 0 Å². The third kappa shape index (κ3) is 2.86. The second-order valence-corrected chi connectivity index (χ2v) is 11.3. The quantitative estimate of drug-likeness (QED) is 0.683. The molecule has 156 valence electrons. The molecule has 0 radical (unpaired) electrons. The summed E-state index contributed by atoms with van der Waals surface area (Å²) in [7, 11) is 0. The smallest absolute Gasteiger partial charge is 0.0602 e. The molecule has 4 aliphatic rings. The highest BCUT2D eigenvalue weighted by Gasteiger charge is 2.65. The van der Waals surface area contributed by atoms with Gasteiger partial charge < -0.3 is 15.3 Å². The highest BCUT2D eigenvalue weighted by atomic mass is 16.3. The average Bonchev–Trinajstić information content (AvgIpc) is 2.96. The zero-order valence-corrected chi connectivity index (χ0v) is 17.9. The molecule has 0 aromatic heterocycles. The van der Waals surface area contributed by atoms with Crippen LogP contribution in [0.25, 0.3) is 0 Å². The Balaban J connectivity index is 1.66. The van der Waals surface area contributed by atoms with Crippen LogP contribution in [0.4, 0.5) is 0 Å². The van der Waals surface area contributed by atoms with Crippen molar-refractivity contribution in [3.63, 3.8) is 0 Å². The van der Waals surface area contributed by atoms with Crippen LogP contribution >= 0.6 is 0 Å². The van der Waals surface area contributed by atoms with Gasteiger partial charge in [0, 0.05) is 0 Å². The summed E-state index contributed by atoms with van der Waals surface area (Å²) in [5.74, 6) is 2.86. The van der Waals surface area contributed by atoms with E-state index in [1.807, 2.05) is 0 Å². The van der Waals surface area contributed by atoms with E-state index in [2.05, 4.69) is 27.7 Å². The SMILES string of the molecule is CCC[C@@H](C)[C@H]1CC[C@H]2[C@@H]3[C@H](O)C[C@@H]4C[C@H](O)CC[C@]4(C)[C@H]3C[C@@H](O)[C@]12C. The van der Waals surface area contributed by atoms with Crippen LogP contribution in [0.5, 0.6) is 0 Å². The number of fused-ring (bicyclic) bond motifs is 5. The maximum absolute atomic E-state index is 11.5. The molecule has 0 unspecified atom stereocenters. The Morgan fingerprint density at radius 2 is 1.70 bits per heavy atom. The monoisotopic (exact) mass is 378 g/mol. The summed E-state index contributed by atoms with van der Waals surface area (Å²) in [6, 6.07) is 0. The molecule has 3 N–H and O–H groups in total. The predicted octanol–water partition coefficient (Wildman–Crippen LogP) is 4.38. The van der Waals surface area contributed by atoms with E-state index in [4.69, 9.17) is 0 Å². The van der Waals surface area contributed by atoms with E-state index < -0.39 is 0 Å². The number of hydrogen-bond acceptors (Lipinski definition) is 3. The Hall–Kier alpha value is -0.120. The van der Waals surface area contributed by atoms with Gasteiger partial charge in [0.1, 0.15) is 0 Å². The van der Waals surface area contributed by atoms with Gasteiger partial charge in [0.25, 0.3) is 0 Å². The second-order valence-electron chi connectivity index (χ2n) is 11.3. The van der Waals surface area contributed by atoms with Crippen molar-refractivity contribution in [2.45, 2.75) is 104 Å². The average molecular weight is 379 g/mol. The number of hydrogen-bond donors (Lipinski definition) is 3. The van der Waals surface area contributed by atoms with Crippen molar-refractivity contribution in [2.24, 2.45) is 46.3 Å². The number of aliphatic hydroxyl groups is 3. The van der Waals surface area contributed by atoms with Gasteiger partial charge in [-0.05, 0) is 91.3 Å². The van der Waals surface area contributed by atoms with Crippen LogP contribution in [0.15, 0.2) is 0 Å². The number of aliphatic hydroxyl groups excluding tert-OH is 3. The molecule has 0 aromatic carbocycles. The van der Waals surface area contributed by atoms with Crippen LogP contribution in [0.1, 0.15) is 85.5 Å². The largest absolute Gasteiger partial charge is 0.393 e. The van der Waals surface area contributed by atoms with Crippen molar-refractivity contribution in [3.05, 3.63) is 0 Å². The summed E-state index contributed by atoms with van der Waals surface area (Å²) in [5.41, 5.74) is 0.146. The third-order valence-electron chi connectivity index (χ3n) is 10.3. The number of rotatable bonds is 3.